The maximum atomic E-state index is 5.83. The molecule has 2 unspecified atom stereocenters. The van der Waals surface area contributed by atoms with Gasteiger partial charge in [0.15, 0.2) is 0 Å². The van der Waals surface area contributed by atoms with Crippen molar-refractivity contribution in [3.63, 3.8) is 0 Å². The second-order valence-corrected chi connectivity index (χ2v) is 5.06. The molecule has 0 saturated heterocycles. The second-order valence-electron chi connectivity index (χ2n) is 5.06. The summed E-state index contributed by atoms with van der Waals surface area (Å²) in [5.41, 5.74) is 5.83. The normalized spacial score (nSPS) is 23.4. The molecular weight excluding hydrogens is 222 g/mol. The summed E-state index contributed by atoms with van der Waals surface area (Å²) in [6, 6.07) is 10.9. The van der Waals surface area contributed by atoms with Gasteiger partial charge < -0.3 is 11.1 Å². The van der Waals surface area contributed by atoms with E-state index in [1.807, 2.05) is 6.20 Å². The molecule has 2 atom stereocenters. The lowest BCUT2D eigenvalue weighted by atomic mass is 10.0. The predicted molar refractivity (Wildman–Crippen MR) is 75.5 cm³/mol. The topological polar surface area (TPSA) is 50.9 Å². The van der Waals surface area contributed by atoms with Crippen LogP contribution in [0.25, 0.3) is 10.8 Å². The predicted octanol–water partition coefficient (Wildman–Crippen LogP) is 2.77. The third-order valence-electron chi connectivity index (χ3n) is 3.96. The van der Waals surface area contributed by atoms with Gasteiger partial charge in [-0.1, -0.05) is 30.7 Å². The van der Waals surface area contributed by atoms with Crippen molar-refractivity contribution < 1.29 is 0 Å². The van der Waals surface area contributed by atoms with Gasteiger partial charge >= 0.3 is 0 Å². The van der Waals surface area contributed by atoms with Crippen molar-refractivity contribution >= 4 is 16.6 Å². The fraction of sp³-hybridized carbons (Fsp3) is 0.400. The van der Waals surface area contributed by atoms with Crippen LogP contribution in [0.4, 0.5) is 5.82 Å². The zero-order valence-corrected chi connectivity index (χ0v) is 10.5. The smallest absolute Gasteiger partial charge is 0.134 e. The van der Waals surface area contributed by atoms with E-state index in [1.165, 1.54) is 30.0 Å². The minimum absolute atomic E-state index is 0.480. The fourth-order valence-electron chi connectivity index (χ4n) is 2.92. The van der Waals surface area contributed by atoms with Gasteiger partial charge in [-0.05, 0) is 36.8 Å². The number of hydrogen-bond donors (Lipinski definition) is 2. The largest absolute Gasteiger partial charge is 0.367 e. The summed E-state index contributed by atoms with van der Waals surface area (Å²) in [6.45, 7) is 0.766. The molecule has 3 rings (SSSR count). The summed E-state index contributed by atoms with van der Waals surface area (Å²) in [4.78, 5) is 4.49. The minimum Gasteiger partial charge on any atom is -0.367 e. The number of rotatable bonds is 3. The van der Waals surface area contributed by atoms with Crippen LogP contribution in [0.15, 0.2) is 36.5 Å². The molecule has 18 heavy (non-hydrogen) atoms. The van der Waals surface area contributed by atoms with E-state index in [0.717, 1.165) is 12.4 Å². The zero-order valence-electron chi connectivity index (χ0n) is 10.5. The van der Waals surface area contributed by atoms with E-state index in [1.54, 1.807) is 0 Å². The first-order valence-electron chi connectivity index (χ1n) is 6.69. The lowest BCUT2D eigenvalue weighted by Gasteiger charge is -2.20. The van der Waals surface area contributed by atoms with Gasteiger partial charge in [0.25, 0.3) is 0 Å². The van der Waals surface area contributed by atoms with E-state index in [9.17, 15) is 0 Å². The fourth-order valence-corrected chi connectivity index (χ4v) is 2.92. The van der Waals surface area contributed by atoms with Crippen molar-refractivity contribution in [2.24, 2.45) is 11.7 Å². The van der Waals surface area contributed by atoms with Crippen LogP contribution < -0.4 is 11.1 Å². The Hall–Kier alpha value is -1.61. The number of nitrogens with one attached hydrogen (secondary N) is 1. The van der Waals surface area contributed by atoms with Crippen molar-refractivity contribution in [3.05, 3.63) is 36.5 Å². The average molecular weight is 241 g/mol. The van der Waals surface area contributed by atoms with Gasteiger partial charge in [0.1, 0.15) is 5.82 Å². The molecule has 1 aromatic carbocycles. The van der Waals surface area contributed by atoms with Crippen LogP contribution >= 0.6 is 0 Å². The molecule has 1 aromatic heterocycles. The highest BCUT2D eigenvalue weighted by Crippen LogP contribution is 2.29. The van der Waals surface area contributed by atoms with E-state index in [2.05, 4.69) is 40.6 Å². The first kappa shape index (κ1) is 11.5. The van der Waals surface area contributed by atoms with Crippen LogP contribution in [-0.4, -0.2) is 17.6 Å². The van der Waals surface area contributed by atoms with E-state index in [0.29, 0.717) is 12.0 Å². The SMILES string of the molecule is NCC1CCCC1Nc1nccc2ccccc12. The number of hydrogen-bond acceptors (Lipinski definition) is 3. The van der Waals surface area contributed by atoms with E-state index < -0.39 is 0 Å². The summed E-state index contributed by atoms with van der Waals surface area (Å²) in [5.74, 6) is 1.59. The van der Waals surface area contributed by atoms with Crippen LogP contribution in [0.3, 0.4) is 0 Å². The molecule has 3 nitrogen and oxygen atoms in total. The van der Waals surface area contributed by atoms with Crippen molar-refractivity contribution in [2.45, 2.75) is 25.3 Å². The van der Waals surface area contributed by atoms with Crippen LogP contribution in [-0.2, 0) is 0 Å². The Labute approximate surface area is 107 Å². The molecule has 1 fully saturated rings. The lowest BCUT2D eigenvalue weighted by molar-refractivity contribution is 0.516. The molecular formula is C15H19N3. The molecule has 2 aromatic rings. The number of fused-ring (bicyclic) bond motifs is 1. The molecule has 1 aliphatic rings. The molecule has 3 heteroatoms. The number of benzene rings is 1. The van der Waals surface area contributed by atoms with Gasteiger partial charge in [-0.3, -0.25) is 0 Å². The van der Waals surface area contributed by atoms with Crippen LogP contribution in [0, 0.1) is 5.92 Å². The molecule has 1 saturated carbocycles. The maximum absolute atomic E-state index is 5.83. The molecule has 94 valence electrons. The summed E-state index contributed by atoms with van der Waals surface area (Å²) >= 11 is 0. The standard InChI is InChI=1S/C15H19N3/c16-10-12-5-3-7-14(12)18-15-13-6-2-1-4-11(13)8-9-17-15/h1-2,4,6,8-9,12,14H,3,5,7,10,16H2,(H,17,18). The molecule has 0 spiro atoms. The van der Waals surface area contributed by atoms with Crippen molar-refractivity contribution in [1.29, 1.82) is 0 Å². The Morgan fingerprint density at radius 1 is 1.22 bits per heavy atom. The number of aromatic nitrogens is 1. The van der Waals surface area contributed by atoms with Gasteiger partial charge in [0.05, 0.1) is 0 Å². The lowest BCUT2D eigenvalue weighted by Crippen LogP contribution is -2.29. The van der Waals surface area contributed by atoms with E-state index in [-0.39, 0.29) is 0 Å². The van der Waals surface area contributed by atoms with Crippen molar-refractivity contribution in [1.82, 2.24) is 4.98 Å². The summed E-state index contributed by atoms with van der Waals surface area (Å²) in [5, 5.41) is 6.02. The third-order valence-corrected chi connectivity index (χ3v) is 3.96. The number of nitrogens with zero attached hydrogens (tertiary/aromatic N) is 1. The van der Waals surface area contributed by atoms with Gasteiger partial charge in [0.2, 0.25) is 0 Å². The summed E-state index contributed by atoms with van der Waals surface area (Å²) in [6.07, 6.45) is 5.58. The van der Waals surface area contributed by atoms with Crippen LogP contribution in [0.1, 0.15) is 19.3 Å². The Morgan fingerprint density at radius 3 is 3.00 bits per heavy atom. The Balaban J connectivity index is 1.90. The Bertz CT molecular complexity index is 533. The van der Waals surface area contributed by atoms with Crippen molar-refractivity contribution in [3.8, 4) is 0 Å². The molecule has 1 aliphatic carbocycles. The number of pyridine rings is 1. The van der Waals surface area contributed by atoms with E-state index >= 15 is 0 Å². The minimum atomic E-state index is 0.480. The Kier molecular flexibility index (Phi) is 3.15. The van der Waals surface area contributed by atoms with Crippen LogP contribution in [0.2, 0.25) is 0 Å². The molecule has 0 radical (unpaired) electrons. The summed E-state index contributed by atoms with van der Waals surface area (Å²) < 4.78 is 0. The molecule has 1 heterocycles. The molecule has 0 aliphatic heterocycles. The van der Waals surface area contributed by atoms with E-state index in [4.69, 9.17) is 5.73 Å². The highest BCUT2D eigenvalue weighted by Gasteiger charge is 2.26. The van der Waals surface area contributed by atoms with Gasteiger partial charge in [-0.2, -0.15) is 0 Å². The highest BCUT2D eigenvalue weighted by atomic mass is 15.0. The highest BCUT2D eigenvalue weighted by molar-refractivity contribution is 5.91. The third kappa shape index (κ3) is 2.06. The monoisotopic (exact) mass is 241 g/mol. The van der Waals surface area contributed by atoms with Crippen LogP contribution in [0.5, 0.6) is 0 Å². The van der Waals surface area contributed by atoms with Gasteiger partial charge in [0, 0.05) is 17.6 Å². The number of nitrogens with two attached hydrogens (primary N) is 1. The summed E-state index contributed by atoms with van der Waals surface area (Å²) in [7, 11) is 0. The molecule has 0 bridgehead atoms. The molecule has 3 N–H and O–H groups in total. The molecule has 0 amide bonds. The number of anilines is 1. The second kappa shape index (κ2) is 4.94. The average Bonchev–Trinajstić information content (AvgIpc) is 2.86. The first-order valence-corrected chi connectivity index (χ1v) is 6.69. The van der Waals surface area contributed by atoms with Gasteiger partial charge in [-0.15, -0.1) is 0 Å². The van der Waals surface area contributed by atoms with Crippen molar-refractivity contribution in [2.75, 3.05) is 11.9 Å². The van der Waals surface area contributed by atoms with Gasteiger partial charge in [-0.25, -0.2) is 4.98 Å². The zero-order chi connectivity index (χ0) is 12.4. The maximum Gasteiger partial charge on any atom is 0.134 e. The Morgan fingerprint density at radius 2 is 2.11 bits per heavy atom. The quantitative estimate of drug-likeness (QED) is 0.868. The first-order chi connectivity index (χ1) is 8.88.